The van der Waals surface area contributed by atoms with Crippen LogP contribution in [0, 0.1) is 17.9 Å². The van der Waals surface area contributed by atoms with E-state index in [-0.39, 0.29) is 43.5 Å². The molecule has 1 aliphatic rings. The minimum atomic E-state index is -1.59. The first-order valence-corrected chi connectivity index (χ1v) is 19.1. The summed E-state index contributed by atoms with van der Waals surface area (Å²) >= 11 is 1.83. The SMILES string of the molecule is CCC(CC)C(=O)/C=C(\O)C(CC)CC.CC[Si](CC)(CC)c1sc2ncnc3c2c1Oc1cc2ccccc2[c-]c1-3.[Ir]. The second-order valence-corrected chi connectivity index (χ2v) is 17.7. The van der Waals surface area contributed by atoms with E-state index in [1.54, 1.807) is 6.33 Å². The molecule has 5 nitrogen and oxygen atoms in total. The Morgan fingerprint density at radius 2 is 1.60 bits per heavy atom. The molecule has 0 atom stereocenters. The van der Waals surface area contributed by atoms with Crippen LogP contribution in [0.1, 0.15) is 74.1 Å². The van der Waals surface area contributed by atoms with E-state index in [4.69, 9.17) is 4.74 Å². The summed E-state index contributed by atoms with van der Waals surface area (Å²) < 4.78 is 8.02. The Kier molecular flexibility index (Phi) is 12.7. The quantitative estimate of drug-likeness (QED) is 0.0624. The molecule has 0 amide bonds. The third kappa shape index (κ3) is 6.98. The molecule has 0 saturated carbocycles. The molecule has 0 bridgehead atoms. The standard InChI is InChI=1S/C22H21N2OSSi.C13H24O2.Ir/c1-4-27(5-2,6-3)22-20-18-19(23-13-24-21(18)26-22)16-11-14-9-7-8-10-15(14)12-17(16)25-20;1-5-10(6-2)12(14)9-13(15)11(7-3)8-4;/h7-10,12-13H,4-6H2,1-3H3;9-11,14H,5-8H2,1-4H3;/q-1;;/b;12-9-;. The molecule has 2 aromatic heterocycles. The number of aliphatic hydroxyl groups is 1. The molecule has 43 heavy (non-hydrogen) atoms. The number of fused-ring (bicyclic) bond motifs is 3. The fourth-order valence-electron chi connectivity index (χ4n) is 6.07. The topological polar surface area (TPSA) is 72.3 Å². The summed E-state index contributed by atoms with van der Waals surface area (Å²) in [7, 11) is -1.59. The van der Waals surface area contributed by atoms with Gasteiger partial charge < -0.3 is 9.84 Å². The van der Waals surface area contributed by atoms with Crippen molar-refractivity contribution in [2.45, 2.75) is 92.3 Å². The molecule has 1 radical (unpaired) electrons. The van der Waals surface area contributed by atoms with Crippen LogP contribution in [0.4, 0.5) is 0 Å². The molecule has 4 aromatic rings. The number of thiophene rings is 1. The summed E-state index contributed by atoms with van der Waals surface area (Å²) in [6.07, 6.45) is 6.59. The van der Waals surface area contributed by atoms with E-state index in [0.29, 0.717) is 0 Å². The third-order valence-electron chi connectivity index (χ3n) is 9.24. The van der Waals surface area contributed by atoms with Crippen LogP contribution in [0.3, 0.4) is 0 Å². The van der Waals surface area contributed by atoms with Gasteiger partial charge in [0, 0.05) is 53.6 Å². The van der Waals surface area contributed by atoms with E-state index < -0.39 is 8.07 Å². The van der Waals surface area contributed by atoms with E-state index >= 15 is 0 Å². The van der Waals surface area contributed by atoms with Gasteiger partial charge in [0.1, 0.15) is 25.0 Å². The van der Waals surface area contributed by atoms with Gasteiger partial charge in [-0.1, -0.05) is 102 Å². The van der Waals surface area contributed by atoms with Crippen LogP contribution in [0.5, 0.6) is 11.5 Å². The summed E-state index contributed by atoms with van der Waals surface area (Å²) in [5.41, 5.74) is 1.92. The van der Waals surface area contributed by atoms with Crippen molar-refractivity contribution in [3.63, 3.8) is 0 Å². The molecule has 0 unspecified atom stereocenters. The van der Waals surface area contributed by atoms with E-state index in [1.807, 2.05) is 45.1 Å². The fraction of sp³-hybridized carbons (Fsp3) is 0.457. The van der Waals surface area contributed by atoms with Crippen molar-refractivity contribution in [2.75, 3.05) is 0 Å². The van der Waals surface area contributed by atoms with Crippen molar-refractivity contribution in [3.8, 4) is 22.8 Å². The molecule has 0 saturated heterocycles. The van der Waals surface area contributed by atoms with Crippen LogP contribution < -0.4 is 9.24 Å². The number of allylic oxidation sites excluding steroid dienone is 2. The molecule has 2 aromatic carbocycles. The Hall–Kier alpha value is -2.38. The second-order valence-electron chi connectivity index (χ2n) is 11.2. The maximum absolute atomic E-state index is 11.7. The second kappa shape index (κ2) is 15.6. The zero-order valence-corrected chi connectivity index (χ0v) is 30.8. The molecule has 1 N–H and O–H groups in total. The van der Waals surface area contributed by atoms with Gasteiger partial charge in [0.05, 0.1) is 11.5 Å². The molecular weight excluding hydrogens is 749 g/mol. The number of hydrogen-bond acceptors (Lipinski definition) is 6. The molecule has 3 heterocycles. The molecule has 8 heteroatoms. The van der Waals surface area contributed by atoms with Crippen molar-refractivity contribution in [2.24, 2.45) is 11.8 Å². The van der Waals surface area contributed by atoms with Crippen LogP contribution >= 0.6 is 11.3 Å². The van der Waals surface area contributed by atoms with Gasteiger partial charge in [0.15, 0.2) is 5.78 Å². The first kappa shape index (κ1) is 35.1. The predicted molar refractivity (Wildman–Crippen MR) is 180 cm³/mol. The van der Waals surface area contributed by atoms with E-state index in [1.165, 1.54) is 28.7 Å². The van der Waals surface area contributed by atoms with E-state index in [9.17, 15) is 9.90 Å². The maximum atomic E-state index is 11.7. The van der Waals surface area contributed by atoms with Gasteiger partial charge in [-0.25, -0.2) is 4.98 Å². The number of nitrogens with zero attached hydrogens (tertiary/aromatic N) is 2. The molecule has 5 rings (SSSR count). The number of benzene rings is 2. The Balaban J connectivity index is 0.000000274. The number of carbonyl (C=O) groups is 1. The summed E-state index contributed by atoms with van der Waals surface area (Å²) in [6.45, 7) is 15.1. The molecular formula is C35H45IrN2O3SSi-. The van der Waals surface area contributed by atoms with Gasteiger partial charge in [-0.05, 0) is 25.7 Å². The Labute approximate surface area is 275 Å². The Morgan fingerprint density at radius 3 is 2.21 bits per heavy atom. The van der Waals surface area contributed by atoms with E-state index in [0.717, 1.165) is 69.4 Å². The van der Waals surface area contributed by atoms with Crippen molar-refractivity contribution in [3.05, 3.63) is 54.6 Å². The summed E-state index contributed by atoms with van der Waals surface area (Å²) in [5, 5.41) is 13.1. The number of hydrogen-bond donors (Lipinski definition) is 1. The molecule has 233 valence electrons. The van der Waals surface area contributed by atoms with Crippen molar-refractivity contribution < 1.29 is 34.7 Å². The largest absolute Gasteiger partial charge is 0.512 e. The fourth-order valence-corrected chi connectivity index (χ4v) is 12.5. The van der Waals surface area contributed by atoms with Crippen molar-refractivity contribution in [1.29, 1.82) is 0 Å². The number of rotatable bonds is 11. The minimum absolute atomic E-state index is 0. The van der Waals surface area contributed by atoms with Crippen LogP contribution in [0.15, 0.2) is 48.5 Å². The van der Waals surface area contributed by atoms with Gasteiger partial charge >= 0.3 is 0 Å². The molecule has 1 aliphatic heterocycles. The van der Waals surface area contributed by atoms with Gasteiger partial charge in [-0.15, -0.1) is 28.9 Å². The molecule has 0 fully saturated rings. The number of carbonyl (C=O) groups excluding carboxylic acids is 1. The van der Waals surface area contributed by atoms with Gasteiger partial charge in [0.2, 0.25) is 0 Å². The van der Waals surface area contributed by atoms with Gasteiger partial charge in [-0.2, -0.15) is 0 Å². The smallest absolute Gasteiger partial charge is 0.162 e. The number of ketones is 1. The van der Waals surface area contributed by atoms with Crippen molar-refractivity contribution in [1.82, 2.24) is 9.97 Å². The zero-order chi connectivity index (χ0) is 30.4. The monoisotopic (exact) mass is 794 g/mol. The maximum Gasteiger partial charge on any atom is 0.162 e. The van der Waals surface area contributed by atoms with Gasteiger partial charge in [0.25, 0.3) is 0 Å². The number of aliphatic hydroxyl groups excluding tert-OH is 1. The Bertz CT molecular complexity index is 1560. The summed E-state index contributed by atoms with van der Waals surface area (Å²) in [4.78, 5) is 22.0. The summed E-state index contributed by atoms with van der Waals surface area (Å²) in [5.74, 6) is 2.44. The molecule has 0 spiro atoms. The minimum Gasteiger partial charge on any atom is -0.512 e. The van der Waals surface area contributed by atoms with Gasteiger partial charge in [-0.3, -0.25) is 9.78 Å². The van der Waals surface area contributed by atoms with Crippen LogP contribution in [0.2, 0.25) is 18.1 Å². The third-order valence-corrected chi connectivity index (χ3v) is 17.0. The first-order chi connectivity index (χ1) is 20.3. The summed E-state index contributed by atoms with van der Waals surface area (Å²) in [6, 6.07) is 17.6. The van der Waals surface area contributed by atoms with Crippen LogP contribution in [0.25, 0.3) is 32.2 Å². The van der Waals surface area contributed by atoms with Crippen molar-refractivity contribution >= 4 is 50.7 Å². The van der Waals surface area contributed by atoms with Crippen LogP contribution in [-0.4, -0.2) is 28.9 Å². The predicted octanol–water partition coefficient (Wildman–Crippen LogP) is 10.0. The Morgan fingerprint density at radius 1 is 0.977 bits per heavy atom. The average Bonchev–Trinajstić information content (AvgIpc) is 3.39. The zero-order valence-electron chi connectivity index (χ0n) is 26.5. The normalized spacial score (nSPS) is 12.5. The van der Waals surface area contributed by atoms with Crippen LogP contribution in [-0.2, 0) is 24.9 Å². The number of ether oxygens (including phenoxy) is 1. The molecule has 0 aliphatic carbocycles. The number of aromatic nitrogens is 2. The van der Waals surface area contributed by atoms with E-state index in [2.05, 4.69) is 61.1 Å². The average molecular weight is 794 g/mol. The first-order valence-electron chi connectivity index (χ1n) is 15.7.